The van der Waals surface area contributed by atoms with Crippen LogP contribution in [0.5, 0.6) is 0 Å². The third kappa shape index (κ3) is 2.89. The van der Waals surface area contributed by atoms with Crippen LogP contribution in [-0.4, -0.2) is 9.78 Å². The lowest BCUT2D eigenvalue weighted by atomic mass is 9.59. The molecule has 0 saturated heterocycles. The molecule has 5 rings (SSSR count). The third-order valence-corrected chi connectivity index (χ3v) is 7.48. The maximum absolute atomic E-state index is 4.86. The van der Waals surface area contributed by atoms with E-state index in [-0.39, 0.29) is 10.8 Å². The Kier molecular flexibility index (Phi) is 4.27. The average Bonchev–Trinajstić information content (AvgIpc) is 3.18. The van der Waals surface area contributed by atoms with E-state index in [1.165, 1.54) is 50.3 Å². The number of aryl methyl sites for hydroxylation is 2. The number of rotatable bonds is 2. The van der Waals surface area contributed by atoms with E-state index in [0.29, 0.717) is 0 Å². The summed E-state index contributed by atoms with van der Waals surface area (Å²) in [6.45, 7) is 13.7. The normalized spacial score (nSPS) is 15.9. The minimum atomic E-state index is -0.0699. The minimum Gasteiger partial charge on any atom is -0.236 e. The first kappa shape index (κ1) is 19.8. The van der Waals surface area contributed by atoms with Crippen molar-refractivity contribution < 1.29 is 0 Å². The Morgan fingerprint density at radius 1 is 0.677 bits per heavy atom. The van der Waals surface area contributed by atoms with E-state index in [1.807, 2.05) is 6.20 Å². The Morgan fingerprint density at radius 2 is 1.29 bits per heavy atom. The maximum atomic E-state index is 4.86. The number of nitrogens with zero attached hydrogens (tertiary/aromatic N) is 2. The first-order chi connectivity index (χ1) is 14.7. The van der Waals surface area contributed by atoms with Crippen LogP contribution in [0.2, 0.25) is 0 Å². The molecular formula is C29H30N2. The van der Waals surface area contributed by atoms with E-state index in [9.17, 15) is 0 Å². The van der Waals surface area contributed by atoms with E-state index < -0.39 is 0 Å². The average molecular weight is 407 g/mol. The van der Waals surface area contributed by atoms with E-state index in [4.69, 9.17) is 5.10 Å². The fraction of sp³-hybridized carbons (Fsp3) is 0.276. The molecule has 2 heterocycles. The van der Waals surface area contributed by atoms with Crippen LogP contribution in [0.1, 0.15) is 50.1 Å². The molecule has 0 atom stereocenters. The molecule has 1 aromatic heterocycles. The summed E-state index contributed by atoms with van der Waals surface area (Å²) in [7, 11) is 0. The number of hydrogen-bond acceptors (Lipinski definition) is 1. The summed E-state index contributed by atoms with van der Waals surface area (Å²) in [6.07, 6.45) is 2.04. The van der Waals surface area contributed by atoms with Crippen LogP contribution >= 0.6 is 0 Å². The van der Waals surface area contributed by atoms with Gasteiger partial charge in [0, 0.05) is 16.4 Å². The van der Waals surface area contributed by atoms with E-state index in [0.717, 1.165) is 0 Å². The molecule has 0 radical (unpaired) electrons. The van der Waals surface area contributed by atoms with Crippen LogP contribution < -0.4 is 0 Å². The molecule has 0 aliphatic carbocycles. The molecule has 0 bridgehead atoms. The molecule has 2 heteroatoms. The van der Waals surface area contributed by atoms with Crippen LogP contribution in [0.4, 0.5) is 0 Å². The van der Waals surface area contributed by atoms with Crippen molar-refractivity contribution in [1.82, 2.24) is 9.78 Å². The maximum Gasteiger partial charge on any atom is 0.0687 e. The number of aromatic nitrogens is 2. The first-order valence-corrected chi connectivity index (χ1v) is 11.1. The summed E-state index contributed by atoms with van der Waals surface area (Å²) in [4.78, 5) is 0. The molecule has 0 spiro atoms. The predicted octanol–water partition coefficient (Wildman–Crippen LogP) is 7.39. The SMILES string of the molecule is Cc1cc(C)cc(-c2ccc(-c3cnn4c3C(C)(C)C(C)(C)c3ccccc3-4)cc2)c1. The van der Waals surface area contributed by atoms with Gasteiger partial charge in [0.2, 0.25) is 0 Å². The van der Waals surface area contributed by atoms with Gasteiger partial charge in [-0.05, 0) is 42.2 Å². The van der Waals surface area contributed by atoms with Gasteiger partial charge in [0.25, 0.3) is 0 Å². The third-order valence-electron chi connectivity index (χ3n) is 7.48. The highest BCUT2D eigenvalue weighted by Crippen LogP contribution is 2.52. The Balaban J connectivity index is 1.64. The molecule has 0 N–H and O–H groups in total. The lowest BCUT2D eigenvalue weighted by molar-refractivity contribution is 0.276. The Bertz CT molecular complexity index is 1270. The summed E-state index contributed by atoms with van der Waals surface area (Å²) in [5, 5.41) is 4.86. The highest BCUT2D eigenvalue weighted by molar-refractivity contribution is 5.74. The topological polar surface area (TPSA) is 17.8 Å². The van der Waals surface area contributed by atoms with Crippen LogP contribution in [-0.2, 0) is 10.8 Å². The quantitative estimate of drug-likeness (QED) is 0.339. The van der Waals surface area contributed by atoms with Crippen molar-refractivity contribution in [2.45, 2.75) is 52.4 Å². The van der Waals surface area contributed by atoms with Crippen molar-refractivity contribution in [2.24, 2.45) is 0 Å². The molecule has 1 aliphatic rings. The highest BCUT2D eigenvalue weighted by Gasteiger charge is 2.48. The van der Waals surface area contributed by atoms with Crippen molar-refractivity contribution >= 4 is 0 Å². The zero-order chi connectivity index (χ0) is 22.0. The molecular weight excluding hydrogens is 376 g/mol. The number of para-hydroxylation sites is 1. The lowest BCUT2D eigenvalue weighted by Gasteiger charge is -2.47. The smallest absolute Gasteiger partial charge is 0.0687 e. The summed E-state index contributed by atoms with van der Waals surface area (Å²) >= 11 is 0. The van der Waals surface area contributed by atoms with Crippen LogP contribution in [0.15, 0.2) is 72.9 Å². The van der Waals surface area contributed by atoms with Gasteiger partial charge in [-0.25, -0.2) is 4.68 Å². The van der Waals surface area contributed by atoms with Gasteiger partial charge < -0.3 is 0 Å². The molecule has 1 aliphatic heterocycles. The van der Waals surface area contributed by atoms with Crippen molar-refractivity contribution in [3.63, 3.8) is 0 Å². The lowest BCUT2D eigenvalue weighted by Crippen LogP contribution is -2.46. The molecule has 0 unspecified atom stereocenters. The second-order valence-electron chi connectivity index (χ2n) is 10.0. The highest BCUT2D eigenvalue weighted by atomic mass is 15.3. The molecule has 0 amide bonds. The second-order valence-corrected chi connectivity index (χ2v) is 10.0. The second kappa shape index (κ2) is 6.68. The minimum absolute atomic E-state index is 0.00654. The molecule has 4 aromatic rings. The summed E-state index contributed by atoms with van der Waals surface area (Å²) in [5.41, 5.74) is 11.3. The van der Waals surface area contributed by atoms with Gasteiger partial charge in [-0.2, -0.15) is 5.10 Å². The molecule has 156 valence electrons. The van der Waals surface area contributed by atoms with Gasteiger partial charge in [0.1, 0.15) is 0 Å². The molecule has 2 nitrogen and oxygen atoms in total. The standard InChI is InChI=1S/C29H30N2/c1-19-15-20(2)17-23(16-19)21-11-13-22(14-12-21)24-18-30-31-26-10-8-7-9-25(26)28(3,4)29(5,6)27(24)31/h7-18H,1-6H3. The summed E-state index contributed by atoms with van der Waals surface area (Å²) in [5.74, 6) is 0. The zero-order valence-electron chi connectivity index (χ0n) is 19.3. The predicted molar refractivity (Wildman–Crippen MR) is 130 cm³/mol. The van der Waals surface area contributed by atoms with Gasteiger partial charge in [0.05, 0.1) is 17.6 Å². The van der Waals surface area contributed by atoms with Crippen LogP contribution in [0.25, 0.3) is 27.9 Å². The van der Waals surface area contributed by atoms with Crippen molar-refractivity contribution in [3.8, 4) is 27.9 Å². The monoisotopic (exact) mass is 406 g/mol. The largest absolute Gasteiger partial charge is 0.236 e. The van der Waals surface area contributed by atoms with E-state index in [2.05, 4.69) is 113 Å². The Morgan fingerprint density at radius 3 is 1.97 bits per heavy atom. The van der Waals surface area contributed by atoms with E-state index >= 15 is 0 Å². The number of hydrogen-bond donors (Lipinski definition) is 0. The first-order valence-electron chi connectivity index (χ1n) is 11.1. The van der Waals surface area contributed by atoms with Crippen molar-refractivity contribution in [2.75, 3.05) is 0 Å². The van der Waals surface area contributed by atoms with Gasteiger partial charge in [-0.3, -0.25) is 0 Å². The fourth-order valence-corrected chi connectivity index (χ4v) is 5.15. The fourth-order valence-electron chi connectivity index (χ4n) is 5.15. The van der Waals surface area contributed by atoms with Gasteiger partial charge >= 0.3 is 0 Å². The number of benzene rings is 3. The molecule has 31 heavy (non-hydrogen) atoms. The van der Waals surface area contributed by atoms with Crippen LogP contribution in [0, 0.1) is 13.8 Å². The molecule has 0 saturated carbocycles. The van der Waals surface area contributed by atoms with Gasteiger partial charge in [-0.15, -0.1) is 0 Å². The Hall–Kier alpha value is -3.13. The zero-order valence-corrected chi connectivity index (χ0v) is 19.3. The summed E-state index contributed by atoms with van der Waals surface area (Å²) in [6, 6.07) is 24.4. The van der Waals surface area contributed by atoms with E-state index in [1.54, 1.807) is 0 Å². The van der Waals surface area contributed by atoms with Crippen LogP contribution in [0.3, 0.4) is 0 Å². The van der Waals surface area contributed by atoms with Crippen molar-refractivity contribution in [3.05, 3.63) is 95.3 Å². The summed E-state index contributed by atoms with van der Waals surface area (Å²) < 4.78 is 2.16. The van der Waals surface area contributed by atoms with Gasteiger partial charge in [-0.1, -0.05) is 99.5 Å². The molecule has 3 aromatic carbocycles. The number of fused-ring (bicyclic) bond motifs is 3. The Labute approximate surface area is 185 Å². The van der Waals surface area contributed by atoms with Gasteiger partial charge in [0.15, 0.2) is 0 Å². The van der Waals surface area contributed by atoms with Crippen molar-refractivity contribution in [1.29, 1.82) is 0 Å². The molecule has 0 fully saturated rings.